The monoisotopic (exact) mass is 554 g/mol. The highest BCUT2D eigenvalue weighted by atomic mass is 16.8. The molecule has 7 N–H and O–H groups in total. The number of fused-ring (bicyclic) bond motifs is 1. The molecule has 0 aromatic heterocycles. The Morgan fingerprint density at radius 1 is 1.13 bits per heavy atom. The summed E-state index contributed by atoms with van der Waals surface area (Å²) >= 11 is 0. The lowest BCUT2D eigenvalue weighted by atomic mass is 9.79. The normalized spacial score (nSPS) is 33.7. The van der Waals surface area contributed by atoms with Gasteiger partial charge in [0.05, 0.1) is 36.7 Å². The van der Waals surface area contributed by atoms with Crippen LogP contribution in [0.2, 0.25) is 0 Å². The van der Waals surface area contributed by atoms with Crippen LogP contribution in [0.4, 0.5) is 0 Å². The molecule has 1 aromatic carbocycles. The maximum atomic E-state index is 12.8. The van der Waals surface area contributed by atoms with E-state index in [1.165, 1.54) is 13.2 Å². The summed E-state index contributed by atoms with van der Waals surface area (Å²) in [6.07, 6.45) is -9.09. The quantitative estimate of drug-likeness (QED) is 0.180. The summed E-state index contributed by atoms with van der Waals surface area (Å²) in [5.41, 5.74) is -3.70. The van der Waals surface area contributed by atoms with Crippen molar-refractivity contribution in [3.05, 3.63) is 47.2 Å². The van der Waals surface area contributed by atoms with E-state index in [1.807, 2.05) is 0 Å². The van der Waals surface area contributed by atoms with Crippen LogP contribution in [0.3, 0.4) is 0 Å². The molecule has 4 rings (SSSR count). The largest absolute Gasteiger partial charge is 0.504 e. The minimum atomic E-state index is -2.53. The number of aliphatic hydroxyl groups is 4. The average molecular weight is 554 g/mol. The Hall–Kier alpha value is -3.73. The summed E-state index contributed by atoms with van der Waals surface area (Å²) in [5.74, 6) is -5.72. The average Bonchev–Trinajstić information content (AvgIpc) is 3.26. The van der Waals surface area contributed by atoms with Crippen LogP contribution in [0, 0.1) is 5.92 Å². The van der Waals surface area contributed by atoms with Gasteiger partial charge >= 0.3 is 17.9 Å². The highest BCUT2D eigenvalue weighted by molar-refractivity contribution is 5.93. The van der Waals surface area contributed by atoms with Crippen LogP contribution in [0.5, 0.6) is 11.5 Å². The van der Waals surface area contributed by atoms with Gasteiger partial charge in [0.1, 0.15) is 18.3 Å². The number of ether oxygens (including phenoxy) is 5. The minimum Gasteiger partial charge on any atom is -0.504 e. The third-order valence-electron chi connectivity index (χ3n) is 6.79. The first-order valence-corrected chi connectivity index (χ1v) is 11.5. The molecule has 0 unspecified atom stereocenters. The summed E-state index contributed by atoms with van der Waals surface area (Å²) in [6, 6.07) is 3.48. The maximum absolute atomic E-state index is 12.8. The summed E-state index contributed by atoms with van der Waals surface area (Å²) in [5, 5.41) is 71.4. The first-order valence-electron chi connectivity index (χ1n) is 11.5. The molecule has 3 aliphatic rings. The third-order valence-corrected chi connectivity index (χ3v) is 6.79. The molecule has 0 amide bonds. The second kappa shape index (κ2) is 10.8. The molecule has 212 valence electrons. The third kappa shape index (κ3) is 4.91. The van der Waals surface area contributed by atoms with E-state index in [-0.39, 0.29) is 23.5 Å². The Morgan fingerprint density at radius 2 is 1.85 bits per heavy atom. The van der Waals surface area contributed by atoms with E-state index in [0.717, 1.165) is 24.5 Å². The summed E-state index contributed by atoms with van der Waals surface area (Å²) in [6.45, 7) is -0.837. The molecule has 8 atom stereocenters. The lowest BCUT2D eigenvalue weighted by Crippen LogP contribution is -2.63. The molecule has 1 saturated heterocycles. The van der Waals surface area contributed by atoms with Gasteiger partial charge in [-0.1, -0.05) is 6.08 Å². The first-order chi connectivity index (χ1) is 18.4. The van der Waals surface area contributed by atoms with Crippen molar-refractivity contribution in [3.63, 3.8) is 0 Å². The number of phenols is 1. The molecule has 39 heavy (non-hydrogen) atoms. The van der Waals surface area contributed by atoms with Crippen molar-refractivity contribution in [2.75, 3.05) is 13.7 Å². The molecular weight excluding hydrogens is 528 g/mol. The minimum absolute atomic E-state index is 0.0585. The topological polar surface area (TPSA) is 239 Å². The number of benzene rings is 1. The van der Waals surface area contributed by atoms with Crippen molar-refractivity contribution in [1.82, 2.24) is 0 Å². The van der Waals surface area contributed by atoms with Gasteiger partial charge < -0.3 is 59.4 Å². The van der Waals surface area contributed by atoms with Crippen molar-refractivity contribution in [3.8, 4) is 11.5 Å². The summed E-state index contributed by atoms with van der Waals surface area (Å²) in [4.78, 5) is 36.2. The van der Waals surface area contributed by atoms with E-state index in [4.69, 9.17) is 23.7 Å². The summed E-state index contributed by atoms with van der Waals surface area (Å²) in [7, 11) is 1.25. The zero-order chi connectivity index (χ0) is 28.6. The Morgan fingerprint density at radius 3 is 2.46 bits per heavy atom. The van der Waals surface area contributed by atoms with Gasteiger partial charge in [0.15, 0.2) is 29.5 Å². The number of allylic oxidation sites excluding steroid dienone is 1. The van der Waals surface area contributed by atoms with Crippen LogP contribution in [0.1, 0.15) is 16.8 Å². The van der Waals surface area contributed by atoms with Gasteiger partial charge in [0.25, 0.3) is 0 Å². The number of carboxylic acid groups (broad SMARTS) is 2. The van der Waals surface area contributed by atoms with E-state index in [2.05, 4.69) is 0 Å². The lowest BCUT2D eigenvalue weighted by Gasteiger charge is -2.46. The predicted molar refractivity (Wildman–Crippen MR) is 122 cm³/mol. The molecule has 1 fully saturated rings. The lowest BCUT2D eigenvalue weighted by molar-refractivity contribution is -0.353. The van der Waals surface area contributed by atoms with Crippen LogP contribution in [-0.2, 0) is 28.5 Å². The zero-order valence-electron chi connectivity index (χ0n) is 20.2. The van der Waals surface area contributed by atoms with E-state index in [0.29, 0.717) is 0 Å². The fourth-order valence-electron chi connectivity index (χ4n) is 4.76. The molecule has 0 saturated carbocycles. The smallest absolute Gasteiger partial charge is 0.338 e. The number of esters is 1. The van der Waals surface area contributed by atoms with Crippen molar-refractivity contribution in [2.45, 2.75) is 49.0 Å². The van der Waals surface area contributed by atoms with Crippen LogP contribution in [0.15, 0.2) is 41.7 Å². The van der Waals surface area contributed by atoms with Crippen LogP contribution >= 0.6 is 0 Å². The van der Waals surface area contributed by atoms with Crippen LogP contribution in [-0.4, -0.2) is 110 Å². The molecule has 0 bridgehead atoms. The highest BCUT2D eigenvalue weighted by Crippen LogP contribution is 2.47. The van der Waals surface area contributed by atoms with Gasteiger partial charge in [0, 0.05) is 5.92 Å². The molecule has 2 aliphatic heterocycles. The Labute approximate surface area is 219 Å². The predicted octanol–water partition coefficient (Wildman–Crippen LogP) is -1.53. The molecular formula is C24H26O15. The van der Waals surface area contributed by atoms with Gasteiger partial charge in [-0.2, -0.15) is 0 Å². The van der Waals surface area contributed by atoms with E-state index < -0.39 is 84.2 Å². The summed E-state index contributed by atoms with van der Waals surface area (Å²) < 4.78 is 26.4. The molecule has 1 aliphatic carbocycles. The fraction of sp³-hybridized carbons (Fsp3) is 0.458. The maximum Gasteiger partial charge on any atom is 0.338 e. The number of methoxy groups -OCH3 is 1. The van der Waals surface area contributed by atoms with E-state index in [1.54, 1.807) is 0 Å². The van der Waals surface area contributed by atoms with Gasteiger partial charge in [-0.05, 0) is 24.6 Å². The molecule has 1 aromatic rings. The second-order valence-electron chi connectivity index (χ2n) is 8.98. The SMILES string of the molecule is COc1cc(C(=O)O[C@H]2[C@@H](O)[C@@H](CO)O[C@@H](O[C@@H]3OC=C(C(=O)O)[C@H]4CC=C(C(=O)O)[C@@]34O)[C@@H]2O)ccc1O. The number of carbonyl (C=O) groups excluding carboxylic acids is 1. The molecule has 15 nitrogen and oxygen atoms in total. The van der Waals surface area contributed by atoms with Gasteiger partial charge in [0.2, 0.25) is 6.29 Å². The molecule has 0 spiro atoms. The van der Waals surface area contributed by atoms with Crippen molar-refractivity contribution in [1.29, 1.82) is 0 Å². The van der Waals surface area contributed by atoms with Crippen LogP contribution in [0.25, 0.3) is 0 Å². The standard InChI is InChI=1S/C24H26O15/c1-35-14-6-9(2-5-13(14)26)21(33)38-18-16(27)15(7-25)37-22(17(18)28)39-23-24(34)11(3-4-12(24)20(31)32)10(8-36-23)19(29)30/h2,4-6,8,11,15-18,22-23,25-28,34H,3,7H2,1H3,(H,29,30)(H,31,32)/t11-,15-,16+,17-,18+,22+,23+,24-/m1/s1. The van der Waals surface area contributed by atoms with E-state index in [9.17, 15) is 50.1 Å². The number of aliphatic hydroxyl groups excluding tert-OH is 3. The number of phenolic OH excluding ortho intramolecular Hbond substituents is 1. The highest BCUT2D eigenvalue weighted by Gasteiger charge is 2.60. The number of aromatic hydroxyl groups is 1. The van der Waals surface area contributed by atoms with Gasteiger partial charge in [-0.25, -0.2) is 14.4 Å². The second-order valence-corrected chi connectivity index (χ2v) is 8.98. The first kappa shape index (κ1) is 28.3. The van der Waals surface area contributed by atoms with E-state index >= 15 is 0 Å². The number of hydrogen-bond donors (Lipinski definition) is 7. The van der Waals surface area contributed by atoms with Gasteiger partial charge in [-0.3, -0.25) is 0 Å². The fourth-order valence-corrected chi connectivity index (χ4v) is 4.76. The molecule has 0 radical (unpaired) electrons. The number of hydrogen-bond acceptors (Lipinski definition) is 13. The van der Waals surface area contributed by atoms with Crippen LogP contribution < -0.4 is 4.74 Å². The Bertz CT molecular complexity index is 1210. The van der Waals surface area contributed by atoms with Crippen molar-refractivity contribution < 1.29 is 73.8 Å². The number of carboxylic acids is 2. The number of aliphatic carboxylic acids is 2. The molecule has 2 heterocycles. The molecule has 15 heteroatoms. The number of carbonyl (C=O) groups is 3. The number of rotatable bonds is 8. The zero-order valence-corrected chi connectivity index (χ0v) is 20.2. The Balaban J connectivity index is 1.60. The Kier molecular flexibility index (Phi) is 7.83. The van der Waals surface area contributed by atoms with Crippen molar-refractivity contribution in [2.24, 2.45) is 5.92 Å². The van der Waals surface area contributed by atoms with Crippen molar-refractivity contribution >= 4 is 17.9 Å². The van der Waals surface area contributed by atoms with Gasteiger partial charge in [-0.15, -0.1) is 0 Å².